The van der Waals surface area contributed by atoms with Crippen molar-refractivity contribution in [3.05, 3.63) is 0 Å². The van der Waals surface area contributed by atoms with Crippen molar-refractivity contribution in [3.63, 3.8) is 0 Å². The van der Waals surface area contributed by atoms with Gasteiger partial charge in [-0.15, -0.1) is 0 Å². The molecule has 0 unspecified atom stereocenters. The highest BCUT2D eigenvalue weighted by molar-refractivity contribution is 5.92. The number of ketones is 3. The molecule has 1 fully saturated rings. The van der Waals surface area contributed by atoms with Crippen LogP contribution in [0, 0.1) is 34.0 Å². The minimum atomic E-state index is -0.438. The van der Waals surface area contributed by atoms with Crippen molar-refractivity contribution in [2.75, 3.05) is 0 Å². The van der Waals surface area contributed by atoms with Crippen molar-refractivity contribution < 1.29 is 14.4 Å². The molecule has 0 N–H and O–H groups in total. The second-order valence-corrected chi connectivity index (χ2v) is 10.6. The normalized spacial score (nSPS) is 26.1. The molecule has 1 rings (SSSR count). The molecule has 0 bridgehead atoms. The first-order chi connectivity index (χ1) is 10.5. The topological polar surface area (TPSA) is 51.2 Å². The van der Waals surface area contributed by atoms with Crippen LogP contribution in [0.25, 0.3) is 0 Å². The molecule has 1 aliphatic carbocycles. The van der Waals surface area contributed by atoms with Crippen LogP contribution in [0.5, 0.6) is 0 Å². The van der Waals surface area contributed by atoms with Gasteiger partial charge in [-0.2, -0.15) is 0 Å². The molecular weight excluding hydrogens is 300 g/mol. The van der Waals surface area contributed by atoms with E-state index in [4.69, 9.17) is 0 Å². The Morgan fingerprint density at radius 3 is 0.792 bits per heavy atom. The SMILES string of the molecule is CC(C)(C)C(=O)C1CC(C(=O)C(C)(C)C)CC(C(=O)C(C)(C)C)C1. The first kappa shape index (κ1) is 21.1. The van der Waals surface area contributed by atoms with Crippen LogP contribution in [0.4, 0.5) is 0 Å². The Morgan fingerprint density at radius 2 is 0.667 bits per heavy atom. The van der Waals surface area contributed by atoms with E-state index in [1.165, 1.54) is 0 Å². The van der Waals surface area contributed by atoms with Crippen LogP contribution in [0.3, 0.4) is 0 Å². The zero-order valence-corrected chi connectivity index (χ0v) is 17.1. The fourth-order valence-corrected chi connectivity index (χ4v) is 3.80. The highest BCUT2D eigenvalue weighted by atomic mass is 16.1. The minimum absolute atomic E-state index is 0.181. The lowest BCUT2D eigenvalue weighted by atomic mass is 9.63. The molecule has 138 valence electrons. The van der Waals surface area contributed by atoms with Gasteiger partial charge in [0, 0.05) is 34.0 Å². The minimum Gasteiger partial charge on any atom is -0.299 e. The lowest BCUT2D eigenvalue weighted by Crippen LogP contribution is -2.43. The second kappa shape index (κ2) is 6.72. The Morgan fingerprint density at radius 1 is 0.500 bits per heavy atom. The second-order valence-electron chi connectivity index (χ2n) is 10.6. The van der Waals surface area contributed by atoms with E-state index in [0.717, 1.165) is 0 Å². The molecule has 0 amide bonds. The third-order valence-corrected chi connectivity index (χ3v) is 5.04. The summed E-state index contributed by atoms with van der Waals surface area (Å²) in [5, 5.41) is 0. The van der Waals surface area contributed by atoms with Crippen LogP contribution in [0.2, 0.25) is 0 Å². The molecule has 0 aromatic heterocycles. The lowest BCUT2D eigenvalue weighted by Gasteiger charge is -2.39. The number of carbonyl (C=O) groups excluding carboxylic acids is 3. The summed E-state index contributed by atoms with van der Waals surface area (Å²) in [5.41, 5.74) is -1.31. The molecule has 0 spiro atoms. The van der Waals surface area contributed by atoms with Crippen molar-refractivity contribution in [3.8, 4) is 0 Å². The fraction of sp³-hybridized carbons (Fsp3) is 0.857. The van der Waals surface area contributed by atoms with Crippen LogP contribution in [0.15, 0.2) is 0 Å². The Kier molecular flexibility index (Phi) is 5.90. The molecule has 1 aliphatic rings. The van der Waals surface area contributed by atoms with Crippen molar-refractivity contribution in [2.45, 2.75) is 81.6 Å². The summed E-state index contributed by atoms with van der Waals surface area (Å²) in [6.07, 6.45) is 1.79. The van der Waals surface area contributed by atoms with E-state index in [1.54, 1.807) is 0 Å². The average molecular weight is 337 g/mol. The van der Waals surface area contributed by atoms with Gasteiger partial charge < -0.3 is 0 Å². The highest BCUT2D eigenvalue weighted by Crippen LogP contribution is 2.42. The molecule has 0 heterocycles. The summed E-state index contributed by atoms with van der Waals surface area (Å²) >= 11 is 0. The molecule has 0 radical (unpaired) electrons. The van der Waals surface area contributed by atoms with E-state index in [-0.39, 0.29) is 35.1 Å². The van der Waals surface area contributed by atoms with Gasteiger partial charge in [-0.1, -0.05) is 62.3 Å². The molecule has 0 aliphatic heterocycles. The van der Waals surface area contributed by atoms with E-state index in [0.29, 0.717) is 19.3 Å². The van der Waals surface area contributed by atoms with Crippen LogP contribution in [-0.2, 0) is 14.4 Å². The summed E-state index contributed by atoms with van der Waals surface area (Å²) in [7, 11) is 0. The predicted molar refractivity (Wildman–Crippen MR) is 97.7 cm³/mol. The van der Waals surface area contributed by atoms with Gasteiger partial charge in [0.2, 0.25) is 0 Å². The number of hydrogen-bond donors (Lipinski definition) is 0. The molecule has 0 aromatic carbocycles. The smallest absolute Gasteiger partial charge is 0.141 e. The fourth-order valence-electron chi connectivity index (χ4n) is 3.80. The Hall–Kier alpha value is -0.990. The van der Waals surface area contributed by atoms with Crippen molar-refractivity contribution in [1.82, 2.24) is 0 Å². The molecule has 1 saturated carbocycles. The summed E-state index contributed by atoms with van der Waals surface area (Å²) < 4.78 is 0. The first-order valence-electron chi connectivity index (χ1n) is 9.18. The summed E-state index contributed by atoms with van der Waals surface area (Å²) in [4.78, 5) is 38.5. The molecule has 3 nitrogen and oxygen atoms in total. The van der Waals surface area contributed by atoms with Crippen molar-refractivity contribution >= 4 is 17.3 Å². The standard InChI is InChI=1S/C21H36O3/c1-19(2,3)16(22)13-10-14(17(23)20(4,5)6)12-15(11-13)18(24)21(7,8)9/h13-15H,10-12H2,1-9H3. The zero-order valence-electron chi connectivity index (χ0n) is 17.1. The molecular formula is C21H36O3. The highest BCUT2D eigenvalue weighted by Gasteiger charge is 2.44. The van der Waals surface area contributed by atoms with Gasteiger partial charge in [0.1, 0.15) is 17.3 Å². The molecule has 0 saturated heterocycles. The van der Waals surface area contributed by atoms with Gasteiger partial charge in [0.05, 0.1) is 0 Å². The number of Topliss-reactive ketones (excluding diaryl/α,β-unsaturated/α-hetero) is 3. The maximum Gasteiger partial charge on any atom is 0.141 e. The van der Waals surface area contributed by atoms with E-state index in [9.17, 15) is 14.4 Å². The van der Waals surface area contributed by atoms with Crippen molar-refractivity contribution in [2.24, 2.45) is 34.0 Å². The van der Waals surface area contributed by atoms with Crippen LogP contribution in [-0.4, -0.2) is 17.3 Å². The van der Waals surface area contributed by atoms with Crippen molar-refractivity contribution in [1.29, 1.82) is 0 Å². The third kappa shape index (κ3) is 5.00. The quantitative estimate of drug-likeness (QED) is 0.739. The summed E-state index contributed by atoms with van der Waals surface area (Å²) in [6.45, 7) is 17.3. The van der Waals surface area contributed by atoms with E-state index < -0.39 is 16.2 Å². The maximum absolute atomic E-state index is 12.8. The Balaban J connectivity index is 3.14. The third-order valence-electron chi connectivity index (χ3n) is 5.04. The Bertz CT molecular complexity index is 427. The van der Waals surface area contributed by atoms with Gasteiger partial charge in [0.15, 0.2) is 0 Å². The molecule has 0 atom stereocenters. The number of hydrogen-bond acceptors (Lipinski definition) is 3. The van der Waals surface area contributed by atoms with Crippen LogP contribution < -0.4 is 0 Å². The van der Waals surface area contributed by atoms with Gasteiger partial charge >= 0.3 is 0 Å². The van der Waals surface area contributed by atoms with Crippen LogP contribution >= 0.6 is 0 Å². The lowest BCUT2D eigenvalue weighted by molar-refractivity contribution is -0.141. The Labute approximate surface area is 148 Å². The van der Waals surface area contributed by atoms with E-state index in [1.807, 2.05) is 62.3 Å². The summed E-state index contributed by atoms with van der Waals surface area (Å²) in [5.74, 6) is -0.0223. The van der Waals surface area contributed by atoms with Gasteiger partial charge in [-0.3, -0.25) is 14.4 Å². The molecule has 3 heteroatoms. The number of rotatable bonds is 3. The van der Waals surface area contributed by atoms with Gasteiger partial charge in [-0.25, -0.2) is 0 Å². The van der Waals surface area contributed by atoms with E-state index in [2.05, 4.69) is 0 Å². The number of carbonyl (C=O) groups is 3. The van der Waals surface area contributed by atoms with E-state index >= 15 is 0 Å². The van der Waals surface area contributed by atoms with Crippen LogP contribution in [0.1, 0.15) is 81.6 Å². The predicted octanol–water partition coefficient (Wildman–Crippen LogP) is 4.86. The summed E-state index contributed by atoms with van der Waals surface area (Å²) in [6, 6.07) is 0. The van der Waals surface area contributed by atoms with Gasteiger partial charge in [0.25, 0.3) is 0 Å². The average Bonchev–Trinajstić information content (AvgIpc) is 2.41. The molecule has 24 heavy (non-hydrogen) atoms. The zero-order chi connectivity index (χ0) is 19.1. The first-order valence-corrected chi connectivity index (χ1v) is 9.18. The monoisotopic (exact) mass is 336 g/mol. The maximum atomic E-state index is 12.8. The molecule has 0 aromatic rings. The largest absolute Gasteiger partial charge is 0.299 e. The van der Waals surface area contributed by atoms with Gasteiger partial charge in [-0.05, 0) is 19.3 Å².